The fraction of sp³-hybridized carbons (Fsp3) is 0.357. The molecule has 0 bridgehead atoms. The number of nitrogens with one attached hydrogen (secondary N) is 2. The summed E-state index contributed by atoms with van der Waals surface area (Å²) in [5.74, 6) is 0.257. The van der Waals surface area contributed by atoms with E-state index in [4.69, 9.17) is 4.52 Å². The Kier molecular flexibility index (Phi) is 5.81. The number of likely N-dealkylation sites (tertiary alicyclic amines) is 1. The fourth-order valence-corrected chi connectivity index (χ4v) is 5.18. The average Bonchev–Trinajstić information content (AvgIpc) is 3.29. The number of pyridine rings is 1. The summed E-state index contributed by atoms with van der Waals surface area (Å²) in [5.41, 5.74) is 2.48. The Hall–Kier alpha value is -4.41. The van der Waals surface area contributed by atoms with E-state index in [0.29, 0.717) is 39.9 Å². The van der Waals surface area contributed by atoms with Crippen LogP contribution in [0.1, 0.15) is 67.6 Å². The number of aromatic amines is 1. The molecule has 2 N–H and O–H groups in total. The van der Waals surface area contributed by atoms with E-state index in [1.54, 1.807) is 24.4 Å². The molecule has 4 heterocycles. The summed E-state index contributed by atoms with van der Waals surface area (Å²) in [7, 11) is 0. The number of amides is 2. The predicted molar refractivity (Wildman–Crippen MR) is 140 cm³/mol. The first-order chi connectivity index (χ1) is 18.6. The minimum Gasteiger partial charge on any atom is -0.344 e. The van der Waals surface area contributed by atoms with E-state index in [2.05, 4.69) is 37.0 Å². The third-order valence-electron chi connectivity index (χ3n) is 7.35. The molecule has 1 aliphatic carbocycles. The summed E-state index contributed by atoms with van der Waals surface area (Å²) in [5, 5.41) is 6.47. The summed E-state index contributed by atoms with van der Waals surface area (Å²) in [6.45, 7) is 9.32. The number of carbonyl (C=O) groups excluding carboxylic acids is 2. The Morgan fingerprint density at radius 1 is 1.26 bits per heavy atom. The fourth-order valence-electron chi connectivity index (χ4n) is 5.18. The Morgan fingerprint density at radius 2 is 2.08 bits per heavy atom. The molecule has 2 aliphatic rings. The van der Waals surface area contributed by atoms with Gasteiger partial charge in [0.15, 0.2) is 11.5 Å². The number of carbonyl (C=O) groups is 2. The second-order valence-electron chi connectivity index (χ2n) is 11.1. The van der Waals surface area contributed by atoms with Gasteiger partial charge in [0, 0.05) is 35.3 Å². The van der Waals surface area contributed by atoms with Gasteiger partial charge in [0.1, 0.15) is 11.6 Å². The highest BCUT2D eigenvalue weighted by molar-refractivity contribution is 5.91. The van der Waals surface area contributed by atoms with Crippen molar-refractivity contribution >= 4 is 23.0 Å². The van der Waals surface area contributed by atoms with Crippen molar-refractivity contribution in [2.75, 3.05) is 0 Å². The van der Waals surface area contributed by atoms with Gasteiger partial charge in [-0.15, -0.1) is 0 Å². The number of hydrogen-bond donors (Lipinski definition) is 2. The van der Waals surface area contributed by atoms with Crippen molar-refractivity contribution < 1.29 is 18.5 Å². The van der Waals surface area contributed by atoms with Crippen LogP contribution < -0.4 is 5.32 Å². The van der Waals surface area contributed by atoms with Gasteiger partial charge in [0.2, 0.25) is 5.91 Å². The standard InChI is InChI=1S/C28H28FN7O3/c1-5-21(37)36-19-11-16(19)12-20(36)23-32-22-17(8-9-30-24(22)33-23)14-6-7-15(18(29)10-14)13-31-25(38)26-34-27(35-39-26)28(2,3)4/h5-10,16,19-20H,1,11-13H2,2-4H3,(H,31,38)(H,30,32,33). The molecular formula is C28H28FN7O3. The summed E-state index contributed by atoms with van der Waals surface area (Å²) in [6.07, 6.45) is 4.83. The zero-order valence-electron chi connectivity index (χ0n) is 21.9. The smallest absolute Gasteiger partial charge is 0.315 e. The van der Waals surface area contributed by atoms with E-state index < -0.39 is 11.7 Å². The molecule has 2 fully saturated rings. The van der Waals surface area contributed by atoms with Gasteiger partial charge >= 0.3 is 11.8 Å². The lowest BCUT2D eigenvalue weighted by Crippen LogP contribution is -2.32. The second kappa shape index (κ2) is 9.11. The first kappa shape index (κ1) is 24.9. The van der Waals surface area contributed by atoms with Crippen LogP contribution in [0.15, 0.2) is 47.6 Å². The Labute approximate surface area is 223 Å². The zero-order chi connectivity index (χ0) is 27.5. The molecule has 1 aromatic carbocycles. The number of hydrogen-bond acceptors (Lipinski definition) is 7. The highest BCUT2D eigenvalue weighted by Gasteiger charge is 2.54. The van der Waals surface area contributed by atoms with Crippen molar-refractivity contribution in [3.63, 3.8) is 0 Å². The third-order valence-corrected chi connectivity index (χ3v) is 7.35. The van der Waals surface area contributed by atoms with Gasteiger partial charge in [-0.2, -0.15) is 4.98 Å². The SMILES string of the molecule is C=CC(=O)N1C(c2nc3nccc(-c4ccc(CNC(=O)c5nc(C(C)(C)C)no5)c(F)c4)c3[nH]2)CC2CC21. The van der Waals surface area contributed by atoms with Gasteiger partial charge in [-0.1, -0.05) is 44.6 Å². The van der Waals surface area contributed by atoms with Crippen molar-refractivity contribution in [1.82, 2.24) is 35.3 Å². The monoisotopic (exact) mass is 529 g/mol. The normalized spacial score (nSPS) is 20.2. The molecule has 10 nitrogen and oxygen atoms in total. The highest BCUT2D eigenvalue weighted by Crippen LogP contribution is 2.53. The van der Waals surface area contributed by atoms with Crippen molar-refractivity contribution in [3.8, 4) is 11.1 Å². The number of nitrogens with zero attached hydrogens (tertiary/aromatic N) is 5. The summed E-state index contributed by atoms with van der Waals surface area (Å²) < 4.78 is 20.2. The summed E-state index contributed by atoms with van der Waals surface area (Å²) in [4.78, 5) is 43.4. The van der Waals surface area contributed by atoms with Crippen LogP contribution in [-0.2, 0) is 16.8 Å². The second-order valence-corrected chi connectivity index (χ2v) is 11.1. The molecule has 1 saturated heterocycles. The van der Waals surface area contributed by atoms with Crippen LogP contribution >= 0.6 is 0 Å². The Bertz CT molecular complexity index is 1620. The molecule has 4 aromatic rings. The maximum atomic E-state index is 15.1. The minimum atomic E-state index is -0.573. The lowest BCUT2D eigenvalue weighted by Gasteiger charge is -2.24. The van der Waals surface area contributed by atoms with Crippen LogP contribution in [0.3, 0.4) is 0 Å². The zero-order valence-corrected chi connectivity index (χ0v) is 21.9. The molecule has 0 spiro atoms. The first-order valence-corrected chi connectivity index (χ1v) is 12.8. The Morgan fingerprint density at radius 3 is 2.79 bits per heavy atom. The molecule has 39 heavy (non-hydrogen) atoms. The molecular weight excluding hydrogens is 501 g/mol. The number of piperidine rings is 1. The van der Waals surface area contributed by atoms with Gasteiger partial charge in [0.05, 0.1) is 11.6 Å². The van der Waals surface area contributed by atoms with Crippen LogP contribution in [-0.4, -0.2) is 47.8 Å². The van der Waals surface area contributed by atoms with Gasteiger partial charge in [-0.25, -0.2) is 14.4 Å². The molecule has 1 saturated carbocycles. The topological polar surface area (TPSA) is 130 Å². The molecule has 0 radical (unpaired) electrons. The van der Waals surface area contributed by atoms with Crippen LogP contribution in [0.4, 0.5) is 4.39 Å². The van der Waals surface area contributed by atoms with E-state index in [-0.39, 0.29) is 35.8 Å². The quantitative estimate of drug-likeness (QED) is 0.358. The highest BCUT2D eigenvalue weighted by atomic mass is 19.1. The number of halogens is 1. The van der Waals surface area contributed by atoms with Gasteiger partial charge in [0.25, 0.3) is 0 Å². The van der Waals surface area contributed by atoms with Crippen molar-refractivity contribution in [2.24, 2.45) is 5.92 Å². The van der Waals surface area contributed by atoms with Crippen LogP contribution in [0.5, 0.6) is 0 Å². The average molecular weight is 530 g/mol. The predicted octanol–water partition coefficient (Wildman–Crippen LogP) is 4.22. The van der Waals surface area contributed by atoms with E-state index in [0.717, 1.165) is 18.4 Å². The molecule has 200 valence electrons. The molecule has 3 atom stereocenters. The van der Waals surface area contributed by atoms with Crippen molar-refractivity contribution in [2.45, 2.75) is 57.7 Å². The molecule has 3 aromatic heterocycles. The van der Waals surface area contributed by atoms with E-state index in [1.807, 2.05) is 25.7 Å². The molecule has 6 rings (SSSR count). The van der Waals surface area contributed by atoms with Crippen molar-refractivity contribution in [3.05, 3.63) is 72.0 Å². The molecule has 11 heteroatoms. The number of rotatable bonds is 6. The van der Waals surface area contributed by atoms with Crippen molar-refractivity contribution in [1.29, 1.82) is 0 Å². The van der Waals surface area contributed by atoms with Crippen LogP contribution in [0.2, 0.25) is 0 Å². The maximum absolute atomic E-state index is 15.1. The number of fused-ring (bicyclic) bond motifs is 2. The lowest BCUT2D eigenvalue weighted by atomic mass is 9.96. The van der Waals surface area contributed by atoms with Gasteiger partial charge in [-0.05, 0) is 42.5 Å². The van der Waals surface area contributed by atoms with E-state index in [9.17, 15) is 9.59 Å². The number of imidazole rings is 1. The summed E-state index contributed by atoms with van der Waals surface area (Å²) >= 11 is 0. The molecule has 3 unspecified atom stereocenters. The van der Waals surface area contributed by atoms with Crippen LogP contribution in [0, 0.1) is 11.7 Å². The van der Waals surface area contributed by atoms with Gasteiger partial charge in [-0.3, -0.25) is 9.59 Å². The summed E-state index contributed by atoms with van der Waals surface area (Å²) in [6, 6.07) is 6.69. The maximum Gasteiger partial charge on any atom is 0.315 e. The Balaban J connectivity index is 1.21. The number of benzene rings is 1. The lowest BCUT2D eigenvalue weighted by molar-refractivity contribution is -0.128. The molecule has 1 aliphatic heterocycles. The molecule has 2 amide bonds. The van der Waals surface area contributed by atoms with Crippen LogP contribution in [0.25, 0.3) is 22.3 Å². The first-order valence-electron chi connectivity index (χ1n) is 12.8. The number of aromatic nitrogens is 5. The largest absolute Gasteiger partial charge is 0.344 e. The minimum absolute atomic E-state index is 0.0463. The van der Waals surface area contributed by atoms with E-state index in [1.165, 1.54) is 12.1 Å². The third kappa shape index (κ3) is 4.47. The van der Waals surface area contributed by atoms with Gasteiger partial charge < -0.3 is 19.7 Å². The number of H-pyrrole nitrogens is 1. The van der Waals surface area contributed by atoms with E-state index >= 15 is 4.39 Å².